The number of hydrogen-bond acceptors (Lipinski definition) is 6. The molecule has 0 bridgehead atoms. The van der Waals surface area contributed by atoms with Crippen LogP contribution in [-0.4, -0.2) is 58.3 Å². The maximum Gasteiger partial charge on any atom is 0.317 e. The molecule has 0 aromatic carbocycles. The Hall–Kier alpha value is -2.64. The maximum atomic E-state index is 12.5. The van der Waals surface area contributed by atoms with Crippen LogP contribution in [0.2, 0.25) is 0 Å². The Bertz CT molecular complexity index is 833. The van der Waals surface area contributed by atoms with E-state index in [4.69, 9.17) is 4.52 Å². The number of nitrogens with zero attached hydrogens (tertiary/aromatic N) is 5. The van der Waals surface area contributed by atoms with Gasteiger partial charge in [-0.05, 0) is 37.8 Å². The molecule has 2 saturated carbocycles. The van der Waals surface area contributed by atoms with E-state index in [1.54, 1.807) is 6.20 Å². The van der Waals surface area contributed by atoms with E-state index in [0.717, 1.165) is 69.1 Å². The summed E-state index contributed by atoms with van der Waals surface area (Å²) in [6, 6.07) is 4.43. The van der Waals surface area contributed by atoms with E-state index < -0.39 is 0 Å². The number of rotatable bonds is 4. The lowest BCUT2D eigenvalue weighted by molar-refractivity contribution is 0.186. The highest BCUT2D eigenvalue weighted by Crippen LogP contribution is 2.39. The first-order valence-corrected chi connectivity index (χ1v) is 10.9. The van der Waals surface area contributed by atoms with Crippen LogP contribution in [0, 0.1) is 0 Å². The molecule has 2 aromatic rings. The Labute approximate surface area is 170 Å². The molecule has 154 valence electrons. The maximum absolute atomic E-state index is 12.5. The number of aromatic nitrogens is 3. The third-order valence-electron chi connectivity index (χ3n) is 6.20. The Balaban J connectivity index is 1.14. The average molecular weight is 396 g/mol. The predicted octanol–water partition coefficient (Wildman–Crippen LogP) is 3.17. The summed E-state index contributed by atoms with van der Waals surface area (Å²) in [5, 5.41) is 7.29. The van der Waals surface area contributed by atoms with Crippen LogP contribution in [0.1, 0.15) is 56.8 Å². The van der Waals surface area contributed by atoms with E-state index in [9.17, 15) is 4.79 Å². The fourth-order valence-electron chi connectivity index (χ4n) is 4.21. The number of carbonyl (C=O) groups is 1. The van der Waals surface area contributed by atoms with E-state index in [1.807, 2.05) is 17.0 Å². The topological polar surface area (TPSA) is 87.4 Å². The molecule has 5 rings (SSSR count). The van der Waals surface area contributed by atoms with E-state index in [2.05, 4.69) is 25.3 Å². The van der Waals surface area contributed by atoms with Crippen molar-refractivity contribution in [3.8, 4) is 11.4 Å². The quantitative estimate of drug-likeness (QED) is 0.854. The van der Waals surface area contributed by atoms with Gasteiger partial charge in [0.25, 0.3) is 0 Å². The molecule has 3 fully saturated rings. The zero-order chi connectivity index (χ0) is 19.6. The fraction of sp³-hybridized carbons (Fsp3) is 0.619. The smallest absolute Gasteiger partial charge is 0.317 e. The summed E-state index contributed by atoms with van der Waals surface area (Å²) in [6.45, 7) is 3.02. The summed E-state index contributed by atoms with van der Waals surface area (Å²) < 4.78 is 5.34. The van der Waals surface area contributed by atoms with E-state index in [-0.39, 0.29) is 6.03 Å². The van der Waals surface area contributed by atoms with Gasteiger partial charge in [-0.1, -0.05) is 24.4 Å². The summed E-state index contributed by atoms with van der Waals surface area (Å²) in [6.07, 6.45) is 10.1. The normalized spacial score (nSPS) is 20.7. The van der Waals surface area contributed by atoms with Crippen molar-refractivity contribution in [2.45, 2.75) is 56.9 Å². The third-order valence-corrected chi connectivity index (χ3v) is 6.20. The lowest BCUT2D eigenvalue weighted by atomic mass is 9.96. The van der Waals surface area contributed by atoms with Gasteiger partial charge in [-0.2, -0.15) is 4.98 Å². The third kappa shape index (κ3) is 4.21. The predicted molar refractivity (Wildman–Crippen MR) is 109 cm³/mol. The Morgan fingerprint density at radius 2 is 1.83 bits per heavy atom. The van der Waals surface area contributed by atoms with Gasteiger partial charge in [0.05, 0.1) is 0 Å². The van der Waals surface area contributed by atoms with Crippen LogP contribution in [0.3, 0.4) is 0 Å². The molecule has 2 aliphatic carbocycles. The lowest BCUT2D eigenvalue weighted by Crippen LogP contribution is -2.53. The minimum Gasteiger partial charge on any atom is -0.353 e. The van der Waals surface area contributed by atoms with Crippen LogP contribution in [0.25, 0.3) is 11.4 Å². The van der Waals surface area contributed by atoms with E-state index >= 15 is 0 Å². The molecule has 1 N–H and O–H groups in total. The number of piperazine rings is 1. The van der Waals surface area contributed by atoms with Gasteiger partial charge < -0.3 is 19.6 Å². The summed E-state index contributed by atoms with van der Waals surface area (Å²) >= 11 is 0. The molecule has 3 aliphatic rings. The molecule has 1 saturated heterocycles. The zero-order valence-electron chi connectivity index (χ0n) is 16.7. The largest absolute Gasteiger partial charge is 0.353 e. The summed E-state index contributed by atoms with van der Waals surface area (Å²) in [7, 11) is 0. The average Bonchev–Trinajstić information content (AvgIpc) is 3.51. The Kier molecular flexibility index (Phi) is 5.08. The standard InChI is InChI=1S/C21H28N6O2/c28-21(23-17-4-2-1-3-5-17)27-12-10-26(11-13-27)18-9-8-16(14-22-18)19-24-20(29-25-19)15-6-7-15/h8-9,14-15,17H,1-7,10-13H2,(H,23,28). The van der Waals surface area contributed by atoms with Gasteiger partial charge in [-0.15, -0.1) is 0 Å². The van der Waals surface area contributed by atoms with Gasteiger partial charge in [-0.3, -0.25) is 0 Å². The number of anilines is 1. The summed E-state index contributed by atoms with van der Waals surface area (Å²) in [5.74, 6) is 2.73. The first-order valence-electron chi connectivity index (χ1n) is 10.9. The second-order valence-electron chi connectivity index (χ2n) is 8.39. The zero-order valence-corrected chi connectivity index (χ0v) is 16.7. The highest BCUT2D eigenvalue weighted by Gasteiger charge is 2.30. The van der Waals surface area contributed by atoms with Crippen molar-refractivity contribution in [1.82, 2.24) is 25.3 Å². The molecular weight excluding hydrogens is 368 g/mol. The Morgan fingerprint density at radius 1 is 1.03 bits per heavy atom. The SMILES string of the molecule is O=C(NC1CCCCC1)N1CCN(c2ccc(-c3noc(C4CC4)n3)cn2)CC1. The van der Waals surface area contributed by atoms with Crippen LogP contribution < -0.4 is 10.2 Å². The molecule has 8 nitrogen and oxygen atoms in total. The number of amides is 2. The lowest BCUT2D eigenvalue weighted by Gasteiger charge is -2.36. The van der Waals surface area contributed by atoms with Crippen molar-refractivity contribution in [2.24, 2.45) is 0 Å². The first-order chi connectivity index (χ1) is 14.3. The van der Waals surface area contributed by atoms with Gasteiger partial charge in [0, 0.05) is 49.9 Å². The number of pyridine rings is 1. The minimum absolute atomic E-state index is 0.0865. The molecular formula is C21H28N6O2. The molecule has 0 radical (unpaired) electrons. The van der Waals surface area contributed by atoms with Crippen molar-refractivity contribution < 1.29 is 9.32 Å². The highest BCUT2D eigenvalue weighted by molar-refractivity contribution is 5.75. The molecule has 0 spiro atoms. The van der Waals surface area contributed by atoms with E-state index in [0.29, 0.717) is 17.8 Å². The van der Waals surface area contributed by atoms with Gasteiger partial charge in [0.1, 0.15) is 5.82 Å². The van der Waals surface area contributed by atoms with Crippen LogP contribution in [0.15, 0.2) is 22.9 Å². The molecule has 8 heteroatoms. The monoisotopic (exact) mass is 396 g/mol. The molecule has 3 heterocycles. The van der Waals surface area contributed by atoms with Crippen LogP contribution in [-0.2, 0) is 0 Å². The molecule has 0 atom stereocenters. The second-order valence-corrected chi connectivity index (χ2v) is 8.39. The van der Waals surface area contributed by atoms with Crippen molar-refractivity contribution >= 4 is 11.8 Å². The van der Waals surface area contributed by atoms with Gasteiger partial charge in [0.2, 0.25) is 11.7 Å². The molecule has 0 unspecified atom stereocenters. The van der Waals surface area contributed by atoms with Crippen LogP contribution in [0.4, 0.5) is 10.6 Å². The van der Waals surface area contributed by atoms with Crippen molar-refractivity contribution in [3.63, 3.8) is 0 Å². The van der Waals surface area contributed by atoms with E-state index in [1.165, 1.54) is 19.3 Å². The first kappa shape index (κ1) is 18.4. The highest BCUT2D eigenvalue weighted by atomic mass is 16.5. The van der Waals surface area contributed by atoms with Gasteiger partial charge in [0.15, 0.2) is 0 Å². The Morgan fingerprint density at radius 3 is 2.52 bits per heavy atom. The number of hydrogen-bond donors (Lipinski definition) is 1. The summed E-state index contributed by atoms with van der Waals surface area (Å²) in [5.41, 5.74) is 0.870. The van der Waals surface area contributed by atoms with Gasteiger partial charge in [-0.25, -0.2) is 9.78 Å². The van der Waals surface area contributed by atoms with Crippen LogP contribution >= 0.6 is 0 Å². The minimum atomic E-state index is 0.0865. The van der Waals surface area contributed by atoms with Crippen molar-refractivity contribution in [3.05, 3.63) is 24.2 Å². The fourth-order valence-corrected chi connectivity index (χ4v) is 4.21. The van der Waals surface area contributed by atoms with Crippen molar-refractivity contribution in [2.75, 3.05) is 31.1 Å². The molecule has 2 aromatic heterocycles. The van der Waals surface area contributed by atoms with Gasteiger partial charge >= 0.3 is 6.03 Å². The number of urea groups is 1. The molecule has 29 heavy (non-hydrogen) atoms. The van der Waals surface area contributed by atoms with Crippen LogP contribution in [0.5, 0.6) is 0 Å². The number of nitrogens with one attached hydrogen (secondary N) is 1. The van der Waals surface area contributed by atoms with Crippen molar-refractivity contribution in [1.29, 1.82) is 0 Å². The second kappa shape index (κ2) is 8.00. The molecule has 1 aliphatic heterocycles. The summed E-state index contributed by atoms with van der Waals surface area (Å²) in [4.78, 5) is 25.8. The molecule has 2 amide bonds. The number of carbonyl (C=O) groups excluding carboxylic acids is 1.